The van der Waals surface area contributed by atoms with E-state index in [4.69, 9.17) is 0 Å². The van der Waals surface area contributed by atoms with Gasteiger partial charge in [0.2, 0.25) is 0 Å². The zero-order valence-corrected chi connectivity index (χ0v) is 6.47. The van der Waals surface area contributed by atoms with E-state index >= 15 is 0 Å². The molecule has 0 aromatic heterocycles. The molecule has 1 rings (SSSR count). The Labute approximate surface area is 62.0 Å². The summed E-state index contributed by atoms with van der Waals surface area (Å²) < 4.78 is 0. The van der Waals surface area contributed by atoms with E-state index < -0.39 is 0 Å². The Morgan fingerprint density at radius 3 is 3.10 bits per heavy atom. The average molecular weight is 141 g/mol. The number of nitrogens with one attached hydrogen (secondary N) is 1. The lowest BCUT2D eigenvalue weighted by molar-refractivity contribution is -0.110. The van der Waals surface area contributed by atoms with Crippen molar-refractivity contribution in [3.63, 3.8) is 0 Å². The van der Waals surface area contributed by atoms with Crippen LogP contribution < -0.4 is 5.32 Å². The van der Waals surface area contributed by atoms with Crippen LogP contribution in [0.4, 0.5) is 0 Å². The van der Waals surface area contributed by atoms with Gasteiger partial charge in [-0.25, -0.2) is 0 Å². The number of carbonyl (C=O) groups excluding carboxylic acids is 1. The van der Waals surface area contributed by atoms with Crippen LogP contribution in [0.5, 0.6) is 0 Å². The van der Waals surface area contributed by atoms with Crippen molar-refractivity contribution in [2.75, 3.05) is 6.54 Å². The lowest BCUT2D eigenvalue weighted by Crippen LogP contribution is -2.23. The summed E-state index contributed by atoms with van der Waals surface area (Å²) in [5, 5.41) is 3.36. The average Bonchev–Trinajstić information content (AvgIpc) is 2.40. The number of hydrogen-bond acceptors (Lipinski definition) is 2. The van der Waals surface area contributed by atoms with Crippen LogP contribution in [0.3, 0.4) is 0 Å². The third kappa shape index (κ3) is 2.10. The van der Waals surface area contributed by atoms with Crippen molar-refractivity contribution in [1.29, 1.82) is 0 Å². The number of hydrogen-bond donors (Lipinski definition) is 1. The van der Waals surface area contributed by atoms with Crippen molar-refractivity contribution >= 4 is 6.29 Å². The third-order valence-electron chi connectivity index (χ3n) is 2.05. The van der Waals surface area contributed by atoms with Crippen molar-refractivity contribution in [3.05, 3.63) is 0 Å². The molecule has 58 valence electrons. The van der Waals surface area contributed by atoms with Crippen molar-refractivity contribution < 1.29 is 4.79 Å². The summed E-state index contributed by atoms with van der Waals surface area (Å²) in [5.74, 6) is 0.232. The molecule has 1 aliphatic rings. The van der Waals surface area contributed by atoms with Gasteiger partial charge < -0.3 is 10.1 Å². The summed E-state index contributed by atoms with van der Waals surface area (Å²) in [4.78, 5) is 10.3. The first-order chi connectivity index (χ1) is 4.83. The topological polar surface area (TPSA) is 29.1 Å². The Morgan fingerprint density at radius 1 is 1.80 bits per heavy atom. The van der Waals surface area contributed by atoms with Crippen molar-refractivity contribution in [1.82, 2.24) is 5.32 Å². The minimum atomic E-state index is 0.232. The molecule has 2 heteroatoms. The Balaban J connectivity index is 2.17. The minimum absolute atomic E-state index is 0.232. The SMILES string of the molecule is CC(C=O)CC1CCCN1. The second kappa shape index (κ2) is 3.71. The van der Waals surface area contributed by atoms with E-state index in [0.29, 0.717) is 6.04 Å². The summed E-state index contributed by atoms with van der Waals surface area (Å²) in [7, 11) is 0. The fourth-order valence-electron chi connectivity index (χ4n) is 1.46. The fourth-order valence-corrected chi connectivity index (χ4v) is 1.46. The molecule has 0 aromatic rings. The molecule has 1 N–H and O–H groups in total. The largest absolute Gasteiger partial charge is 0.314 e. The first kappa shape index (κ1) is 7.73. The van der Waals surface area contributed by atoms with Gasteiger partial charge in [-0.15, -0.1) is 0 Å². The second-order valence-electron chi connectivity index (χ2n) is 3.14. The number of carbonyl (C=O) groups is 1. The molecule has 0 bridgehead atoms. The van der Waals surface area contributed by atoms with E-state index in [9.17, 15) is 4.79 Å². The molecular formula is C8H15NO. The summed E-state index contributed by atoms with van der Waals surface area (Å²) in [6.07, 6.45) is 4.58. The smallest absolute Gasteiger partial charge is 0.122 e. The van der Waals surface area contributed by atoms with Gasteiger partial charge in [0.25, 0.3) is 0 Å². The van der Waals surface area contributed by atoms with Gasteiger partial charge in [-0.1, -0.05) is 6.92 Å². The molecule has 1 saturated heterocycles. The van der Waals surface area contributed by atoms with Crippen LogP contribution in [-0.4, -0.2) is 18.9 Å². The Hall–Kier alpha value is -0.370. The molecule has 0 amide bonds. The molecule has 2 atom stereocenters. The lowest BCUT2D eigenvalue weighted by atomic mass is 10.0. The molecule has 0 radical (unpaired) electrons. The highest BCUT2D eigenvalue weighted by atomic mass is 16.1. The predicted molar refractivity (Wildman–Crippen MR) is 40.9 cm³/mol. The van der Waals surface area contributed by atoms with Crippen LogP contribution in [0.15, 0.2) is 0 Å². The van der Waals surface area contributed by atoms with E-state index in [0.717, 1.165) is 19.3 Å². The molecule has 10 heavy (non-hydrogen) atoms. The maximum Gasteiger partial charge on any atom is 0.122 e. The van der Waals surface area contributed by atoms with E-state index in [1.54, 1.807) is 0 Å². The zero-order chi connectivity index (χ0) is 7.40. The number of aldehydes is 1. The van der Waals surface area contributed by atoms with Gasteiger partial charge in [-0.05, 0) is 25.8 Å². The highest BCUT2D eigenvalue weighted by Crippen LogP contribution is 2.12. The Kier molecular flexibility index (Phi) is 2.87. The highest BCUT2D eigenvalue weighted by molar-refractivity contribution is 5.52. The highest BCUT2D eigenvalue weighted by Gasteiger charge is 2.15. The summed E-state index contributed by atoms with van der Waals surface area (Å²) >= 11 is 0. The lowest BCUT2D eigenvalue weighted by Gasteiger charge is -2.10. The van der Waals surface area contributed by atoms with Crippen molar-refractivity contribution in [2.45, 2.75) is 32.2 Å². The molecule has 0 spiro atoms. The van der Waals surface area contributed by atoms with Gasteiger partial charge in [-0.2, -0.15) is 0 Å². The zero-order valence-electron chi connectivity index (χ0n) is 6.47. The first-order valence-electron chi connectivity index (χ1n) is 4.01. The first-order valence-corrected chi connectivity index (χ1v) is 4.01. The third-order valence-corrected chi connectivity index (χ3v) is 2.05. The maximum atomic E-state index is 10.3. The monoisotopic (exact) mass is 141 g/mol. The maximum absolute atomic E-state index is 10.3. The molecule has 1 aliphatic heterocycles. The van der Waals surface area contributed by atoms with Gasteiger partial charge in [-0.3, -0.25) is 0 Å². The van der Waals surface area contributed by atoms with Gasteiger partial charge in [0.15, 0.2) is 0 Å². The Bertz CT molecular complexity index is 108. The normalized spacial score (nSPS) is 28.3. The van der Waals surface area contributed by atoms with E-state index in [-0.39, 0.29) is 5.92 Å². The van der Waals surface area contributed by atoms with Crippen molar-refractivity contribution in [3.8, 4) is 0 Å². The van der Waals surface area contributed by atoms with Gasteiger partial charge in [0.1, 0.15) is 6.29 Å². The standard InChI is InChI=1S/C8H15NO/c1-7(6-10)5-8-3-2-4-9-8/h6-9H,2-5H2,1H3. The van der Waals surface area contributed by atoms with E-state index in [2.05, 4.69) is 5.32 Å². The summed E-state index contributed by atoms with van der Waals surface area (Å²) in [5.41, 5.74) is 0. The van der Waals surface area contributed by atoms with Gasteiger partial charge >= 0.3 is 0 Å². The molecule has 0 aromatic carbocycles. The van der Waals surface area contributed by atoms with Gasteiger partial charge in [0, 0.05) is 12.0 Å². The number of rotatable bonds is 3. The molecule has 2 unspecified atom stereocenters. The molecule has 1 heterocycles. The molecule has 0 aliphatic carbocycles. The summed E-state index contributed by atoms with van der Waals surface area (Å²) in [6.45, 7) is 3.11. The van der Waals surface area contributed by atoms with Crippen LogP contribution in [0.2, 0.25) is 0 Å². The van der Waals surface area contributed by atoms with Crippen LogP contribution in [0.1, 0.15) is 26.2 Å². The second-order valence-corrected chi connectivity index (χ2v) is 3.14. The molecule has 2 nitrogen and oxygen atoms in total. The quantitative estimate of drug-likeness (QED) is 0.593. The molecule has 1 fully saturated rings. The van der Waals surface area contributed by atoms with Crippen LogP contribution >= 0.6 is 0 Å². The summed E-state index contributed by atoms with van der Waals surface area (Å²) in [6, 6.07) is 0.611. The fraction of sp³-hybridized carbons (Fsp3) is 0.875. The van der Waals surface area contributed by atoms with Gasteiger partial charge in [0.05, 0.1) is 0 Å². The van der Waals surface area contributed by atoms with E-state index in [1.165, 1.54) is 12.8 Å². The molecular weight excluding hydrogens is 126 g/mol. The minimum Gasteiger partial charge on any atom is -0.314 e. The van der Waals surface area contributed by atoms with Crippen molar-refractivity contribution in [2.24, 2.45) is 5.92 Å². The van der Waals surface area contributed by atoms with Crippen LogP contribution in [0.25, 0.3) is 0 Å². The van der Waals surface area contributed by atoms with Crippen LogP contribution in [0, 0.1) is 5.92 Å². The van der Waals surface area contributed by atoms with E-state index in [1.807, 2.05) is 6.92 Å². The molecule has 0 saturated carbocycles. The predicted octanol–water partition coefficient (Wildman–Crippen LogP) is 0.964. The van der Waals surface area contributed by atoms with Crippen LogP contribution in [-0.2, 0) is 4.79 Å². The Morgan fingerprint density at radius 2 is 2.60 bits per heavy atom.